The topological polar surface area (TPSA) is 75.6 Å². The van der Waals surface area contributed by atoms with Crippen LogP contribution in [0.1, 0.15) is 10.4 Å². The second kappa shape index (κ2) is 6.55. The van der Waals surface area contributed by atoms with Gasteiger partial charge in [-0.25, -0.2) is 4.79 Å². The Hall–Kier alpha value is -1.15. The summed E-state index contributed by atoms with van der Waals surface area (Å²) in [6.07, 6.45) is 0. The van der Waals surface area contributed by atoms with E-state index in [2.05, 4.69) is 32.6 Å². The second-order valence-electron chi connectivity index (χ2n) is 3.24. The summed E-state index contributed by atoms with van der Waals surface area (Å²) < 4.78 is 5.36. The van der Waals surface area contributed by atoms with Gasteiger partial charge < -0.3 is 15.2 Å². The number of nitrogens with one attached hydrogen (secondary N) is 1. The summed E-state index contributed by atoms with van der Waals surface area (Å²) >= 11 is 2.08. The number of aliphatic hydroxyl groups excluding tert-OH is 1. The van der Waals surface area contributed by atoms with Crippen LogP contribution < -0.4 is 5.32 Å². The van der Waals surface area contributed by atoms with Crippen molar-refractivity contribution in [3.63, 3.8) is 0 Å². The maximum atomic E-state index is 11.8. The van der Waals surface area contributed by atoms with Gasteiger partial charge in [0.25, 0.3) is 5.91 Å². The van der Waals surface area contributed by atoms with Crippen molar-refractivity contribution in [3.05, 3.63) is 33.4 Å². The van der Waals surface area contributed by atoms with Crippen molar-refractivity contribution in [1.29, 1.82) is 0 Å². The van der Waals surface area contributed by atoms with Gasteiger partial charge in [0.1, 0.15) is 0 Å². The highest BCUT2D eigenvalue weighted by Gasteiger charge is 2.20. The highest BCUT2D eigenvalue weighted by Crippen LogP contribution is 2.07. The minimum atomic E-state index is -1.04. The number of carbonyl (C=O) groups is 2. The lowest BCUT2D eigenvalue weighted by Gasteiger charge is -2.13. The molecule has 0 bridgehead atoms. The second-order valence-corrected chi connectivity index (χ2v) is 4.49. The Kier molecular flexibility index (Phi) is 5.36. The Balaban J connectivity index is 2.74. The lowest BCUT2D eigenvalue weighted by atomic mass is 10.2. The summed E-state index contributed by atoms with van der Waals surface area (Å²) in [6.45, 7) is -0.498. The van der Waals surface area contributed by atoms with Gasteiger partial charge in [-0.15, -0.1) is 0 Å². The molecule has 1 amide bonds. The number of ether oxygens (including phenoxy) is 1. The van der Waals surface area contributed by atoms with E-state index >= 15 is 0 Å². The van der Waals surface area contributed by atoms with Crippen molar-refractivity contribution in [1.82, 2.24) is 5.32 Å². The molecule has 0 aliphatic carbocycles. The lowest BCUT2D eigenvalue weighted by molar-refractivity contribution is -0.143. The maximum absolute atomic E-state index is 11.8. The molecule has 1 aromatic rings. The summed E-state index contributed by atoms with van der Waals surface area (Å²) in [6, 6.07) is 5.86. The summed E-state index contributed by atoms with van der Waals surface area (Å²) in [7, 11) is 1.20. The molecule has 0 aliphatic rings. The van der Waals surface area contributed by atoms with Crippen LogP contribution in [-0.2, 0) is 9.53 Å². The molecule has 0 aromatic heterocycles. The van der Waals surface area contributed by atoms with E-state index in [1.807, 2.05) is 6.07 Å². The first kappa shape index (κ1) is 13.9. The van der Waals surface area contributed by atoms with Crippen molar-refractivity contribution in [2.45, 2.75) is 6.04 Å². The lowest BCUT2D eigenvalue weighted by Crippen LogP contribution is -2.44. The average molecular weight is 349 g/mol. The molecule has 0 fully saturated rings. The molecule has 0 aliphatic heterocycles. The Morgan fingerprint density at radius 1 is 1.53 bits per heavy atom. The molecule has 0 saturated heterocycles. The van der Waals surface area contributed by atoms with E-state index in [1.165, 1.54) is 7.11 Å². The van der Waals surface area contributed by atoms with E-state index in [0.29, 0.717) is 5.56 Å². The Bertz CT molecular complexity index is 422. The first-order chi connectivity index (χ1) is 8.08. The Labute approximate surface area is 112 Å². The molecule has 17 heavy (non-hydrogen) atoms. The van der Waals surface area contributed by atoms with Crippen LogP contribution in [0, 0.1) is 3.57 Å². The van der Waals surface area contributed by atoms with Gasteiger partial charge in [0.15, 0.2) is 6.04 Å². The van der Waals surface area contributed by atoms with Gasteiger partial charge in [0, 0.05) is 9.13 Å². The molecule has 5 nitrogen and oxygen atoms in total. The summed E-state index contributed by atoms with van der Waals surface area (Å²) in [5.41, 5.74) is 0.430. The van der Waals surface area contributed by atoms with Crippen LogP contribution in [0.3, 0.4) is 0 Å². The minimum Gasteiger partial charge on any atom is -0.467 e. The first-order valence-electron chi connectivity index (χ1n) is 4.83. The average Bonchev–Trinajstić information content (AvgIpc) is 2.34. The predicted molar refractivity (Wildman–Crippen MR) is 69.5 cm³/mol. The number of hydrogen-bond acceptors (Lipinski definition) is 4. The summed E-state index contributed by atoms with van der Waals surface area (Å²) in [5, 5.41) is 11.4. The van der Waals surface area contributed by atoms with Crippen LogP contribution in [0.15, 0.2) is 24.3 Å². The molecule has 6 heteroatoms. The summed E-state index contributed by atoms with van der Waals surface area (Å²) in [4.78, 5) is 22.9. The predicted octanol–water partition coefficient (Wildman–Crippen LogP) is 0.555. The number of benzene rings is 1. The zero-order chi connectivity index (χ0) is 12.8. The fourth-order valence-corrected chi connectivity index (χ4v) is 1.74. The quantitative estimate of drug-likeness (QED) is 0.615. The van der Waals surface area contributed by atoms with Gasteiger partial charge >= 0.3 is 5.97 Å². The SMILES string of the molecule is COC(=O)[C@@H](CO)NC(=O)c1cccc(I)c1. The molecule has 1 atom stereocenters. The van der Waals surface area contributed by atoms with E-state index in [1.54, 1.807) is 18.2 Å². The van der Waals surface area contributed by atoms with Crippen molar-refractivity contribution >= 4 is 34.5 Å². The van der Waals surface area contributed by atoms with Gasteiger partial charge in [0.05, 0.1) is 13.7 Å². The van der Waals surface area contributed by atoms with E-state index in [0.717, 1.165) is 3.57 Å². The number of esters is 1. The third-order valence-corrected chi connectivity index (χ3v) is 2.73. The Morgan fingerprint density at radius 2 is 2.24 bits per heavy atom. The maximum Gasteiger partial charge on any atom is 0.330 e. The minimum absolute atomic E-state index is 0.423. The van der Waals surface area contributed by atoms with Crippen LogP contribution in [0.4, 0.5) is 0 Å². The molecule has 0 unspecified atom stereocenters. The van der Waals surface area contributed by atoms with Crippen LogP contribution in [-0.4, -0.2) is 36.7 Å². The van der Waals surface area contributed by atoms with Crippen molar-refractivity contribution in [2.75, 3.05) is 13.7 Å². The first-order valence-corrected chi connectivity index (χ1v) is 5.91. The molecule has 0 saturated carbocycles. The molecule has 0 heterocycles. The monoisotopic (exact) mass is 349 g/mol. The zero-order valence-electron chi connectivity index (χ0n) is 9.14. The number of amides is 1. The molecular formula is C11H12INO4. The standard InChI is InChI=1S/C11H12INO4/c1-17-11(16)9(6-14)13-10(15)7-3-2-4-8(12)5-7/h2-5,9,14H,6H2,1H3,(H,13,15)/t9-/m1/s1. The van der Waals surface area contributed by atoms with Crippen LogP contribution in [0.5, 0.6) is 0 Å². The zero-order valence-corrected chi connectivity index (χ0v) is 11.3. The van der Waals surface area contributed by atoms with Gasteiger partial charge in [-0.1, -0.05) is 6.07 Å². The summed E-state index contributed by atoms with van der Waals surface area (Å²) in [5.74, 6) is -1.10. The molecule has 1 aromatic carbocycles. The molecular weight excluding hydrogens is 337 g/mol. The van der Waals surface area contributed by atoms with Crippen LogP contribution in [0.25, 0.3) is 0 Å². The number of hydrogen-bond donors (Lipinski definition) is 2. The molecule has 0 radical (unpaired) electrons. The smallest absolute Gasteiger partial charge is 0.330 e. The largest absolute Gasteiger partial charge is 0.467 e. The van der Waals surface area contributed by atoms with E-state index in [9.17, 15) is 9.59 Å². The van der Waals surface area contributed by atoms with Gasteiger partial charge in [0.2, 0.25) is 0 Å². The van der Waals surface area contributed by atoms with Crippen LogP contribution in [0.2, 0.25) is 0 Å². The number of halogens is 1. The molecule has 1 rings (SSSR count). The van der Waals surface area contributed by atoms with Gasteiger partial charge in [-0.05, 0) is 40.8 Å². The van der Waals surface area contributed by atoms with E-state index in [-0.39, 0.29) is 0 Å². The normalized spacial score (nSPS) is 11.7. The molecule has 0 spiro atoms. The number of methoxy groups -OCH3 is 1. The molecule has 92 valence electrons. The highest BCUT2D eigenvalue weighted by molar-refractivity contribution is 14.1. The number of rotatable bonds is 4. The van der Waals surface area contributed by atoms with Gasteiger partial charge in [-0.3, -0.25) is 4.79 Å². The fourth-order valence-electron chi connectivity index (χ4n) is 1.19. The van der Waals surface area contributed by atoms with Crippen molar-refractivity contribution in [3.8, 4) is 0 Å². The van der Waals surface area contributed by atoms with Gasteiger partial charge in [-0.2, -0.15) is 0 Å². The number of aliphatic hydroxyl groups is 1. The highest BCUT2D eigenvalue weighted by atomic mass is 127. The van der Waals surface area contributed by atoms with E-state index in [4.69, 9.17) is 5.11 Å². The third-order valence-electron chi connectivity index (χ3n) is 2.06. The third kappa shape index (κ3) is 3.97. The van der Waals surface area contributed by atoms with Crippen molar-refractivity contribution < 1.29 is 19.4 Å². The molecule has 2 N–H and O–H groups in total. The van der Waals surface area contributed by atoms with Crippen molar-refractivity contribution in [2.24, 2.45) is 0 Å². The number of carbonyl (C=O) groups excluding carboxylic acids is 2. The van der Waals surface area contributed by atoms with E-state index < -0.39 is 24.5 Å². The fraction of sp³-hybridized carbons (Fsp3) is 0.273. The Morgan fingerprint density at radius 3 is 2.76 bits per heavy atom. The van der Waals surface area contributed by atoms with Crippen LogP contribution >= 0.6 is 22.6 Å².